The van der Waals surface area contributed by atoms with Gasteiger partial charge in [-0.25, -0.2) is 9.18 Å². The Balaban J connectivity index is 2.15. The average molecular weight is 275 g/mol. The van der Waals surface area contributed by atoms with Crippen LogP contribution in [-0.2, 0) is 11.3 Å². The Morgan fingerprint density at radius 2 is 1.95 bits per heavy atom. The van der Waals surface area contributed by atoms with Gasteiger partial charge >= 0.3 is 5.97 Å². The zero-order valence-corrected chi connectivity index (χ0v) is 10.9. The van der Waals surface area contributed by atoms with Crippen LogP contribution in [0.5, 0.6) is 5.75 Å². The number of halogens is 1. The van der Waals surface area contributed by atoms with Crippen molar-refractivity contribution in [2.45, 2.75) is 6.61 Å². The third-order valence-electron chi connectivity index (χ3n) is 2.80. The van der Waals surface area contributed by atoms with E-state index in [1.807, 2.05) is 0 Å². The molecule has 2 aromatic rings. The molecule has 2 aromatic carbocycles. The molecular formula is C15H14FNO3. The minimum absolute atomic E-state index is 0.145. The second-order valence-electron chi connectivity index (χ2n) is 4.09. The summed E-state index contributed by atoms with van der Waals surface area (Å²) in [4.78, 5) is 12.0. The first kappa shape index (κ1) is 13.9. The van der Waals surface area contributed by atoms with Crippen molar-refractivity contribution in [3.05, 3.63) is 59.4 Å². The van der Waals surface area contributed by atoms with Gasteiger partial charge in [0.15, 0.2) is 0 Å². The van der Waals surface area contributed by atoms with Gasteiger partial charge in [0.05, 0.1) is 7.11 Å². The molecule has 20 heavy (non-hydrogen) atoms. The Labute approximate surface area is 115 Å². The Morgan fingerprint density at radius 3 is 2.65 bits per heavy atom. The fourth-order valence-corrected chi connectivity index (χ4v) is 1.77. The number of anilines is 1. The van der Waals surface area contributed by atoms with E-state index in [2.05, 4.69) is 0 Å². The molecule has 0 spiro atoms. The van der Waals surface area contributed by atoms with E-state index in [0.717, 1.165) is 0 Å². The lowest BCUT2D eigenvalue weighted by Gasteiger charge is -2.11. The zero-order chi connectivity index (χ0) is 14.5. The van der Waals surface area contributed by atoms with Crippen LogP contribution in [0.4, 0.5) is 10.1 Å². The highest BCUT2D eigenvalue weighted by molar-refractivity contribution is 5.98. The normalized spacial score (nSPS) is 10.1. The largest absolute Gasteiger partial charge is 0.496 e. The number of nitrogens with two attached hydrogens (primary N) is 1. The highest BCUT2D eigenvalue weighted by Gasteiger charge is 2.17. The SMILES string of the molecule is COc1cccc(N)c1C(=O)OCc1ccccc1F. The first-order valence-electron chi connectivity index (χ1n) is 5.96. The molecule has 0 bridgehead atoms. The van der Waals surface area contributed by atoms with Crippen LogP contribution in [0.15, 0.2) is 42.5 Å². The molecule has 0 aliphatic carbocycles. The second-order valence-corrected chi connectivity index (χ2v) is 4.09. The summed E-state index contributed by atoms with van der Waals surface area (Å²) < 4.78 is 23.6. The van der Waals surface area contributed by atoms with Gasteiger partial charge in [0.1, 0.15) is 23.7 Å². The van der Waals surface area contributed by atoms with Crippen LogP contribution in [0.1, 0.15) is 15.9 Å². The Kier molecular flexibility index (Phi) is 4.20. The number of benzene rings is 2. The molecule has 0 fully saturated rings. The molecule has 0 saturated carbocycles. The van der Waals surface area contributed by atoms with Gasteiger partial charge in [0.25, 0.3) is 0 Å². The molecule has 2 rings (SSSR count). The predicted molar refractivity (Wildman–Crippen MR) is 72.9 cm³/mol. The molecule has 4 nitrogen and oxygen atoms in total. The highest BCUT2D eigenvalue weighted by atomic mass is 19.1. The van der Waals surface area contributed by atoms with E-state index in [1.54, 1.807) is 36.4 Å². The molecule has 0 heterocycles. The Hall–Kier alpha value is -2.56. The van der Waals surface area contributed by atoms with Crippen molar-refractivity contribution in [2.75, 3.05) is 12.8 Å². The number of hydrogen-bond acceptors (Lipinski definition) is 4. The van der Waals surface area contributed by atoms with Crippen molar-refractivity contribution in [3.8, 4) is 5.75 Å². The van der Waals surface area contributed by atoms with Gasteiger partial charge in [0.2, 0.25) is 0 Å². The van der Waals surface area contributed by atoms with E-state index in [-0.39, 0.29) is 17.9 Å². The topological polar surface area (TPSA) is 61.5 Å². The number of hydrogen-bond donors (Lipinski definition) is 1. The summed E-state index contributed by atoms with van der Waals surface area (Å²) in [5.41, 5.74) is 6.44. The van der Waals surface area contributed by atoms with Gasteiger partial charge in [-0.05, 0) is 18.2 Å². The molecule has 5 heteroatoms. The van der Waals surface area contributed by atoms with Gasteiger partial charge in [-0.1, -0.05) is 24.3 Å². The quantitative estimate of drug-likeness (QED) is 0.688. The lowest BCUT2D eigenvalue weighted by atomic mass is 10.1. The lowest BCUT2D eigenvalue weighted by molar-refractivity contribution is 0.0466. The van der Waals surface area contributed by atoms with Crippen molar-refractivity contribution in [3.63, 3.8) is 0 Å². The smallest absolute Gasteiger partial charge is 0.344 e. The summed E-state index contributed by atoms with van der Waals surface area (Å²) in [6.45, 7) is -0.164. The number of nitrogen functional groups attached to an aromatic ring is 1. The van der Waals surface area contributed by atoms with Crippen LogP contribution in [0, 0.1) is 5.82 Å². The molecule has 0 aliphatic heterocycles. The summed E-state index contributed by atoms with van der Waals surface area (Å²) in [5, 5.41) is 0. The third kappa shape index (κ3) is 2.88. The molecular weight excluding hydrogens is 261 g/mol. The maximum Gasteiger partial charge on any atom is 0.344 e. The fourth-order valence-electron chi connectivity index (χ4n) is 1.77. The maximum atomic E-state index is 13.4. The molecule has 104 valence electrons. The number of carbonyl (C=O) groups is 1. The maximum absolute atomic E-state index is 13.4. The van der Waals surface area contributed by atoms with E-state index in [9.17, 15) is 9.18 Å². The number of methoxy groups -OCH3 is 1. The van der Waals surface area contributed by atoms with Gasteiger partial charge in [-0.2, -0.15) is 0 Å². The van der Waals surface area contributed by atoms with E-state index in [1.165, 1.54) is 13.2 Å². The van der Waals surface area contributed by atoms with Crippen molar-refractivity contribution in [2.24, 2.45) is 0 Å². The third-order valence-corrected chi connectivity index (χ3v) is 2.80. The number of carbonyl (C=O) groups excluding carboxylic acids is 1. The molecule has 0 aliphatic rings. The summed E-state index contributed by atoms with van der Waals surface area (Å²) >= 11 is 0. The predicted octanol–water partition coefficient (Wildman–Crippen LogP) is 2.77. The number of rotatable bonds is 4. The van der Waals surface area contributed by atoms with Crippen molar-refractivity contribution < 1.29 is 18.7 Å². The van der Waals surface area contributed by atoms with Gasteiger partial charge in [-0.3, -0.25) is 0 Å². The molecule has 0 aromatic heterocycles. The molecule has 2 N–H and O–H groups in total. The fraction of sp³-hybridized carbons (Fsp3) is 0.133. The van der Waals surface area contributed by atoms with E-state index < -0.39 is 11.8 Å². The zero-order valence-electron chi connectivity index (χ0n) is 10.9. The van der Waals surface area contributed by atoms with Gasteiger partial charge in [0, 0.05) is 11.3 Å². The summed E-state index contributed by atoms with van der Waals surface area (Å²) in [5.74, 6) is -0.750. The van der Waals surface area contributed by atoms with Crippen molar-refractivity contribution in [1.29, 1.82) is 0 Å². The number of esters is 1. The van der Waals surface area contributed by atoms with Crippen LogP contribution in [-0.4, -0.2) is 13.1 Å². The molecule has 0 saturated heterocycles. The summed E-state index contributed by atoms with van der Waals surface area (Å²) in [6.07, 6.45) is 0. The van der Waals surface area contributed by atoms with E-state index >= 15 is 0 Å². The molecule has 0 radical (unpaired) electrons. The summed E-state index contributed by atoms with van der Waals surface area (Å²) in [7, 11) is 1.43. The highest BCUT2D eigenvalue weighted by Crippen LogP contribution is 2.25. The van der Waals surface area contributed by atoms with Gasteiger partial charge in [-0.15, -0.1) is 0 Å². The van der Waals surface area contributed by atoms with Crippen LogP contribution < -0.4 is 10.5 Å². The monoisotopic (exact) mass is 275 g/mol. The van der Waals surface area contributed by atoms with Crippen LogP contribution in [0.3, 0.4) is 0 Å². The Bertz CT molecular complexity index is 628. The minimum Gasteiger partial charge on any atom is -0.496 e. The number of ether oxygens (including phenoxy) is 2. The Morgan fingerprint density at radius 1 is 1.20 bits per heavy atom. The second kappa shape index (κ2) is 6.06. The lowest BCUT2D eigenvalue weighted by Crippen LogP contribution is -2.10. The standard InChI is InChI=1S/C15H14FNO3/c1-19-13-8-4-7-12(17)14(13)15(18)20-9-10-5-2-3-6-11(10)16/h2-8H,9,17H2,1H3. The van der Waals surface area contributed by atoms with E-state index in [4.69, 9.17) is 15.2 Å². The van der Waals surface area contributed by atoms with Crippen LogP contribution in [0.25, 0.3) is 0 Å². The van der Waals surface area contributed by atoms with Crippen molar-refractivity contribution in [1.82, 2.24) is 0 Å². The van der Waals surface area contributed by atoms with E-state index in [0.29, 0.717) is 11.3 Å². The van der Waals surface area contributed by atoms with Crippen LogP contribution in [0.2, 0.25) is 0 Å². The van der Waals surface area contributed by atoms with Crippen molar-refractivity contribution >= 4 is 11.7 Å². The molecule has 0 amide bonds. The minimum atomic E-state index is -0.650. The average Bonchev–Trinajstić information content (AvgIpc) is 2.45. The molecule has 0 unspecified atom stereocenters. The molecule has 0 atom stereocenters. The van der Waals surface area contributed by atoms with Crippen LogP contribution >= 0.6 is 0 Å². The summed E-state index contributed by atoms with van der Waals surface area (Å²) in [6, 6.07) is 10.9. The van der Waals surface area contributed by atoms with Gasteiger partial charge < -0.3 is 15.2 Å². The first-order valence-corrected chi connectivity index (χ1v) is 5.96. The first-order chi connectivity index (χ1) is 9.63.